The van der Waals surface area contributed by atoms with Gasteiger partial charge in [0, 0.05) is 19.6 Å². The van der Waals surface area contributed by atoms with Gasteiger partial charge < -0.3 is 15.0 Å². The van der Waals surface area contributed by atoms with E-state index < -0.39 is 0 Å². The quantitative estimate of drug-likeness (QED) is 0.852. The van der Waals surface area contributed by atoms with Gasteiger partial charge in [0.2, 0.25) is 0 Å². The van der Waals surface area contributed by atoms with Gasteiger partial charge in [-0.25, -0.2) is 4.98 Å². The van der Waals surface area contributed by atoms with Crippen LogP contribution < -0.4 is 15.0 Å². The summed E-state index contributed by atoms with van der Waals surface area (Å²) >= 11 is 6.11. The molecule has 16 heavy (non-hydrogen) atoms. The lowest BCUT2D eigenvalue weighted by molar-refractivity contribution is 0.376. The van der Waals surface area contributed by atoms with E-state index in [9.17, 15) is 0 Å². The van der Waals surface area contributed by atoms with E-state index in [-0.39, 0.29) is 0 Å². The number of aromatic nitrogens is 2. The van der Waals surface area contributed by atoms with Gasteiger partial charge in [-0.3, -0.25) is 0 Å². The van der Waals surface area contributed by atoms with E-state index in [1.807, 2.05) is 0 Å². The Morgan fingerprint density at radius 2 is 2.38 bits per heavy atom. The van der Waals surface area contributed by atoms with Gasteiger partial charge in [0.25, 0.3) is 0 Å². The summed E-state index contributed by atoms with van der Waals surface area (Å²) in [6, 6.07) is 0.812. The number of anilines is 1. The van der Waals surface area contributed by atoms with E-state index in [1.165, 1.54) is 0 Å². The average molecular weight is 243 g/mol. The summed E-state index contributed by atoms with van der Waals surface area (Å²) in [6.45, 7) is 4.89. The topological polar surface area (TPSA) is 50.3 Å². The van der Waals surface area contributed by atoms with Crippen molar-refractivity contribution in [3.05, 3.63) is 11.2 Å². The Labute approximate surface area is 99.8 Å². The Bertz CT molecular complexity index is 370. The van der Waals surface area contributed by atoms with Crippen LogP contribution in [-0.4, -0.2) is 42.8 Å². The first-order valence-corrected chi connectivity index (χ1v) is 5.68. The van der Waals surface area contributed by atoms with E-state index >= 15 is 0 Å². The summed E-state index contributed by atoms with van der Waals surface area (Å²) in [5.41, 5.74) is 0. The third-order valence-corrected chi connectivity index (χ3v) is 2.97. The molecule has 0 saturated carbocycles. The minimum atomic E-state index is 0.352. The molecular weight excluding hydrogens is 228 g/mol. The van der Waals surface area contributed by atoms with Gasteiger partial charge in [-0.05, 0) is 6.92 Å². The molecule has 2 rings (SSSR count). The van der Waals surface area contributed by atoms with E-state index in [0.717, 1.165) is 25.5 Å². The fourth-order valence-electron chi connectivity index (χ4n) is 1.72. The van der Waals surface area contributed by atoms with Crippen LogP contribution in [0, 0.1) is 0 Å². The van der Waals surface area contributed by atoms with Crippen LogP contribution in [0.15, 0.2) is 6.20 Å². The Morgan fingerprint density at radius 1 is 1.62 bits per heavy atom. The van der Waals surface area contributed by atoms with Crippen LogP contribution in [-0.2, 0) is 0 Å². The van der Waals surface area contributed by atoms with Gasteiger partial charge in [0.1, 0.15) is 5.02 Å². The Morgan fingerprint density at radius 3 is 2.88 bits per heavy atom. The number of nitrogens with zero attached hydrogens (tertiary/aromatic N) is 3. The summed E-state index contributed by atoms with van der Waals surface area (Å²) in [6.07, 6.45) is 1.58. The predicted molar refractivity (Wildman–Crippen MR) is 63.3 cm³/mol. The molecule has 0 aliphatic carbocycles. The number of hydrogen-bond acceptors (Lipinski definition) is 5. The molecule has 1 N–H and O–H groups in total. The molecule has 1 fully saturated rings. The zero-order valence-electron chi connectivity index (χ0n) is 9.40. The first-order valence-electron chi connectivity index (χ1n) is 5.30. The molecule has 88 valence electrons. The summed E-state index contributed by atoms with van der Waals surface area (Å²) in [5, 5.41) is 3.80. The fraction of sp³-hybridized carbons (Fsp3) is 0.600. The van der Waals surface area contributed by atoms with Crippen LogP contribution >= 0.6 is 11.6 Å². The van der Waals surface area contributed by atoms with Crippen LogP contribution in [0.3, 0.4) is 0 Å². The van der Waals surface area contributed by atoms with Crippen LogP contribution in [0.4, 0.5) is 5.82 Å². The summed E-state index contributed by atoms with van der Waals surface area (Å²) < 4.78 is 5.01. The Hall–Kier alpha value is -1.07. The number of methoxy groups -OCH3 is 1. The summed E-state index contributed by atoms with van der Waals surface area (Å²) in [7, 11) is 1.55. The highest BCUT2D eigenvalue weighted by Crippen LogP contribution is 2.26. The molecule has 0 radical (unpaired) electrons. The molecule has 1 saturated heterocycles. The second-order valence-corrected chi connectivity index (χ2v) is 4.03. The van der Waals surface area contributed by atoms with E-state index in [0.29, 0.717) is 17.1 Å². The Balaban J connectivity index is 2.28. The van der Waals surface area contributed by atoms with Crippen molar-refractivity contribution in [3.8, 4) is 6.01 Å². The molecular formula is C10H15ClN4O. The fourth-order valence-corrected chi connectivity index (χ4v) is 1.92. The molecule has 1 aromatic rings. The van der Waals surface area contributed by atoms with E-state index in [2.05, 4.69) is 27.1 Å². The number of nitrogens with one attached hydrogen (secondary N) is 1. The van der Waals surface area contributed by atoms with Crippen molar-refractivity contribution >= 4 is 17.4 Å². The van der Waals surface area contributed by atoms with Crippen molar-refractivity contribution in [1.29, 1.82) is 0 Å². The van der Waals surface area contributed by atoms with Gasteiger partial charge in [-0.2, -0.15) is 4.98 Å². The van der Waals surface area contributed by atoms with E-state index in [4.69, 9.17) is 16.3 Å². The molecule has 0 amide bonds. The second-order valence-electron chi connectivity index (χ2n) is 3.63. The second kappa shape index (κ2) is 4.84. The highest BCUT2D eigenvalue weighted by atomic mass is 35.5. The van der Waals surface area contributed by atoms with Crippen LogP contribution in [0.5, 0.6) is 6.01 Å². The third-order valence-electron chi connectivity index (χ3n) is 2.70. The van der Waals surface area contributed by atoms with E-state index in [1.54, 1.807) is 13.3 Å². The maximum atomic E-state index is 6.11. The molecule has 2 heterocycles. The number of halogens is 1. The van der Waals surface area contributed by atoms with Gasteiger partial charge >= 0.3 is 6.01 Å². The van der Waals surface area contributed by atoms with Crippen molar-refractivity contribution < 1.29 is 4.74 Å². The van der Waals surface area contributed by atoms with Crippen molar-refractivity contribution in [2.75, 3.05) is 31.6 Å². The minimum absolute atomic E-state index is 0.352. The lowest BCUT2D eigenvalue weighted by Gasteiger charge is -2.38. The van der Waals surface area contributed by atoms with Crippen molar-refractivity contribution in [2.24, 2.45) is 0 Å². The largest absolute Gasteiger partial charge is 0.467 e. The monoisotopic (exact) mass is 242 g/mol. The van der Waals surface area contributed by atoms with Crippen molar-refractivity contribution in [3.63, 3.8) is 0 Å². The molecule has 5 nitrogen and oxygen atoms in total. The minimum Gasteiger partial charge on any atom is -0.467 e. The first kappa shape index (κ1) is 11.4. The molecule has 0 unspecified atom stereocenters. The maximum absolute atomic E-state index is 6.11. The summed E-state index contributed by atoms with van der Waals surface area (Å²) in [5.74, 6) is 0.752. The van der Waals surface area contributed by atoms with Crippen LogP contribution in [0.1, 0.15) is 6.92 Å². The smallest absolute Gasteiger partial charge is 0.318 e. The van der Waals surface area contributed by atoms with Gasteiger partial charge in [-0.15, -0.1) is 0 Å². The lowest BCUT2D eigenvalue weighted by Crippen LogP contribution is -2.57. The predicted octanol–water partition coefficient (Wildman–Crippen LogP) is 0.937. The van der Waals surface area contributed by atoms with Gasteiger partial charge in [-0.1, -0.05) is 11.6 Å². The average Bonchev–Trinajstić information content (AvgIpc) is 2.24. The molecule has 1 aromatic heterocycles. The molecule has 1 aliphatic rings. The zero-order valence-corrected chi connectivity index (χ0v) is 10.2. The lowest BCUT2D eigenvalue weighted by atomic mass is 10.1. The van der Waals surface area contributed by atoms with Crippen molar-refractivity contribution in [2.45, 2.75) is 13.0 Å². The zero-order chi connectivity index (χ0) is 11.5. The molecule has 1 aliphatic heterocycles. The third kappa shape index (κ3) is 2.05. The number of hydrogen-bond donors (Lipinski definition) is 1. The standard InChI is InChI=1S/C10H15ClN4O/c1-3-15(7-4-12-5-7)9-8(11)6-13-10(14-9)16-2/h6-7,12H,3-5H2,1-2H3. The molecule has 0 aromatic carbocycles. The molecule has 0 bridgehead atoms. The number of rotatable bonds is 4. The molecule has 0 atom stereocenters. The number of ether oxygens (including phenoxy) is 1. The highest BCUT2D eigenvalue weighted by molar-refractivity contribution is 6.32. The normalized spacial score (nSPS) is 15.7. The van der Waals surface area contributed by atoms with Crippen molar-refractivity contribution in [1.82, 2.24) is 15.3 Å². The Kier molecular flexibility index (Phi) is 3.46. The summed E-state index contributed by atoms with van der Waals surface area (Å²) in [4.78, 5) is 10.4. The van der Waals surface area contributed by atoms with Crippen LogP contribution in [0.25, 0.3) is 0 Å². The molecule has 0 spiro atoms. The van der Waals surface area contributed by atoms with Crippen LogP contribution in [0.2, 0.25) is 5.02 Å². The number of likely N-dealkylation sites (N-methyl/N-ethyl adjacent to an activating group) is 1. The van der Waals surface area contributed by atoms with Gasteiger partial charge in [0.05, 0.1) is 19.3 Å². The highest BCUT2D eigenvalue weighted by Gasteiger charge is 2.26. The SMILES string of the molecule is CCN(c1nc(OC)ncc1Cl)C1CNC1. The molecule has 6 heteroatoms. The van der Waals surface area contributed by atoms with Gasteiger partial charge in [0.15, 0.2) is 5.82 Å². The maximum Gasteiger partial charge on any atom is 0.318 e. The first-order chi connectivity index (χ1) is 7.76.